The molecule has 2 aromatic rings. The van der Waals surface area contributed by atoms with Crippen LogP contribution in [0, 0.1) is 20.8 Å². The second-order valence-electron chi connectivity index (χ2n) is 6.76. The minimum Gasteiger partial charge on any atom is -0.343 e. The molecule has 2 aromatic carbocycles. The van der Waals surface area contributed by atoms with E-state index < -0.39 is 0 Å². The van der Waals surface area contributed by atoms with Gasteiger partial charge in [-0.2, -0.15) is 0 Å². The van der Waals surface area contributed by atoms with Gasteiger partial charge in [0.25, 0.3) is 5.91 Å². The molecular formula is C21H24BrN3O3. The predicted octanol–water partition coefficient (Wildman–Crippen LogP) is 3.20. The lowest BCUT2D eigenvalue weighted by Crippen LogP contribution is -2.41. The molecule has 0 radical (unpaired) electrons. The van der Waals surface area contributed by atoms with Crippen LogP contribution in [0.2, 0.25) is 0 Å². The van der Waals surface area contributed by atoms with E-state index in [9.17, 15) is 14.4 Å². The van der Waals surface area contributed by atoms with Crippen LogP contribution in [0.25, 0.3) is 0 Å². The molecule has 6 nitrogen and oxygen atoms in total. The number of anilines is 1. The molecule has 7 heteroatoms. The lowest BCUT2D eigenvalue weighted by atomic mass is 10.1. The van der Waals surface area contributed by atoms with E-state index in [1.54, 1.807) is 18.2 Å². The van der Waals surface area contributed by atoms with E-state index in [4.69, 9.17) is 0 Å². The first-order valence-electron chi connectivity index (χ1n) is 8.83. The number of amides is 3. The highest BCUT2D eigenvalue weighted by molar-refractivity contribution is 9.10. The predicted molar refractivity (Wildman–Crippen MR) is 113 cm³/mol. The molecule has 0 heterocycles. The van der Waals surface area contributed by atoms with Crippen LogP contribution in [0.15, 0.2) is 40.9 Å². The smallest absolute Gasteiger partial charge is 0.251 e. The molecule has 28 heavy (non-hydrogen) atoms. The summed E-state index contributed by atoms with van der Waals surface area (Å²) in [4.78, 5) is 37.9. The van der Waals surface area contributed by atoms with Crippen LogP contribution in [0.3, 0.4) is 0 Å². The Labute approximate surface area is 173 Å². The van der Waals surface area contributed by atoms with E-state index in [2.05, 4.69) is 26.6 Å². The van der Waals surface area contributed by atoms with Crippen molar-refractivity contribution in [3.05, 3.63) is 63.1 Å². The molecule has 0 aliphatic rings. The molecule has 0 bridgehead atoms. The highest BCUT2D eigenvalue weighted by Gasteiger charge is 2.16. The molecular weight excluding hydrogens is 422 g/mol. The number of benzene rings is 2. The topological polar surface area (TPSA) is 78.5 Å². The quantitative estimate of drug-likeness (QED) is 0.716. The average Bonchev–Trinajstić information content (AvgIpc) is 2.62. The fourth-order valence-electron chi connectivity index (χ4n) is 2.88. The minimum absolute atomic E-state index is 0.0989. The molecule has 3 amide bonds. The fourth-order valence-corrected chi connectivity index (χ4v) is 3.28. The number of carbonyl (C=O) groups excluding carboxylic acids is 3. The minimum atomic E-state index is -0.351. The summed E-state index contributed by atoms with van der Waals surface area (Å²) in [5.74, 6) is -0.988. The molecule has 0 aliphatic heterocycles. The number of halogens is 1. The summed E-state index contributed by atoms with van der Waals surface area (Å²) in [5, 5.41) is 5.43. The summed E-state index contributed by atoms with van der Waals surface area (Å²) in [6.45, 7) is 5.58. The summed E-state index contributed by atoms with van der Waals surface area (Å²) in [6.07, 6.45) is 0. The Kier molecular flexibility index (Phi) is 7.34. The number of nitrogens with zero attached hydrogens (tertiary/aromatic N) is 1. The first kappa shape index (κ1) is 21.6. The average molecular weight is 446 g/mol. The largest absolute Gasteiger partial charge is 0.343 e. The maximum Gasteiger partial charge on any atom is 0.251 e. The zero-order valence-electron chi connectivity index (χ0n) is 16.4. The maximum atomic E-state index is 12.3. The van der Waals surface area contributed by atoms with E-state index in [1.165, 1.54) is 11.9 Å². The van der Waals surface area contributed by atoms with E-state index in [-0.39, 0.29) is 30.8 Å². The van der Waals surface area contributed by atoms with Crippen molar-refractivity contribution in [3.8, 4) is 0 Å². The Balaban J connectivity index is 1.88. The number of aryl methyl sites for hydroxylation is 3. The molecule has 0 spiro atoms. The van der Waals surface area contributed by atoms with Gasteiger partial charge in [-0.05, 0) is 50.1 Å². The zero-order valence-corrected chi connectivity index (χ0v) is 18.0. The summed E-state index contributed by atoms with van der Waals surface area (Å²) in [7, 11) is 1.53. The third-order valence-electron chi connectivity index (χ3n) is 4.23. The monoisotopic (exact) mass is 445 g/mol. The van der Waals surface area contributed by atoms with Crippen molar-refractivity contribution in [1.82, 2.24) is 10.2 Å². The second kappa shape index (κ2) is 9.50. The number of rotatable bonds is 6. The first-order chi connectivity index (χ1) is 13.2. The van der Waals surface area contributed by atoms with Gasteiger partial charge in [0.1, 0.15) is 0 Å². The Bertz CT molecular complexity index is 889. The van der Waals surface area contributed by atoms with Crippen molar-refractivity contribution in [1.29, 1.82) is 0 Å². The highest BCUT2D eigenvalue weighted by Crippen LogP contribution is 2.21. The third kappa shape index (κ3) is 5.92. The van der Waals surface area contributed by atoms with Crippen LogP contribution >= 0.6 is 15.9 Å². The summed E-state index contributed by atoms with van der Waals surface area (Å²) in [6, 6.07) is 10.9. The number of nitrogens with one attached hydrogen (secondary N) is 2. The number of hydrogen-bond acceptors (Lipinski definition) is 3. The molecule has 0 atom stereocenters. The SMILES string of the molecule is Cc1cc(C)c(NC(=O)CN(C)C(=O)CNC(=O)c2cccc(Br)c2)c(C)c1. The zero-order chi connectivity index (χ0) is 20.8. The van der Waals surface area contributed by atoms with Crippen LogP contribution in [-0.2, 0) is 9.59 Å². The van der Waals surface area contributed by atoms with Gasteiger partial charge in [-0.15, -0.1) is 0 Å². The summed E-state index contributed by atoms with van der Waals surface area (Å²) in [5.41, 5.74) is 4.29. The molecule has 0 saturated heterocycles. The van der Waals surface area contributed by atoms with Crippen LogP contribution in [0.1, 0.15) is 27.0 Å². The third-order valence-corrected chi connectivity index (χ3v) is 4.73. The van der Waals surface area contributed by atoms with Gasteiger partial charge in [0.15, 0.2) is 0 Å². The number of carbonyl (C=O) groups is 3. The summed E-state index contributed by atoms with van der Waals surface area (Å²) < 4.78 is 0.780. The van der Waals surface area contributed by atoms with Crippen molar-refractivity contribution < 1.29 is 14.4 Å². The van der Waals surface area contributed by atoms with Crippen molar-refractivity contribution in [2.24, 2.45) is 0 Å². The van der Waals surface area contributed by atoms with Crippen LogP contribution < -0.4 is 10.6 Å². The van der Waals surface area contributed by atoms with Crippen molar-refractivity contribution in [2.45, 2.75) is 20.8 Å². The molecule has 0 aromatic heterocycles. The van der Waals surface area contributed by atoms with E-state index in [0.717, 1.165) is 26.9 Å². The van der Waals surface area contributed by atoms with Crippen molar-refractivity contribution in [3.63, 3.8) is 0 Å². The van der Waals surface area contributed by atoms with Gasteiger partial charge in [-0.25, -0.2) is 0 Å². The number of likely N-dealkylation sites (N-methyl/N-ethyl adjacent to an activating group) is 1. The molecule has 2 rings (SSSR count). The molecule has 2 N–H and O–H groups in total. The van der Waals surface area contributed by atoms with Gasteiger partial charge in [0.05, 0.1) is 13.1 Å². The lowest BCUT2D eigenvalue weighted by Gasteiger charge is -2.18. The van der Waals surface area contributed by atoms with Crippen LogP contribution in [0.4, 0.5) is 5.69 Å². The van der Waals surface area contributed by atoms with E-state index in [1.807, 2.05) is 39.0 Å². The highest BCUT2D eigenvalue weighted by atomic mass is 79.9. The molecule has 0 saturated carbocycles. The molecule has 0 aliphatic carbocycles. The Morgan fingerprint density at radius 3 is 2.29 bits per heavy atom. The van der Waals surface area contributed by atoms with Gasteiger partial charge in [-0.3, -0.25) is 14.4 Å². The number of hydrogen-bond donors (Lipinski definition) is 2. The van der Waals surface area contributed by atoms with Gasteiger partial charge < -0.3 is 15.5 Å². The maximum absolute atomic E-state index is 12.3. The van der Waals surface area contributed by atoms with E-state index >= 15 is 0 Å². The van der Waals surface area contributed by atoms with Crippen molar-refractivity contribution >= 4 is 39.3 Å². The Morgan fingerprint density at radius 1 is 1.04 bits per heavy atom. The Hall–Kier alpha value is -2.67. The van der Waals surface area contributed by atoms with Crippen LogP contribution in [-0.4, -0.2) is 42.8 Å². The molecule has 0 fully saturated rings. The van der Waals surface area contributed by atoms with Crippen LogP contribution in [0.5, 0.6) is 0 Å². The van der Waals surface area contributed by atoms with Gasteiger partial charge >= 0.3 is 0 Å². The van der Waals surface area contributed by atoms with Gasteiger partial charge in [0, 0.05) is 22.8 Å². The van der Waals surface area contributed by atoms with Crippen molar-refractivity contribution in [2.75, 3.05) is 25.5 Å². The van der Waals surface area contributed by atoms with Gasteiger partial charge in [-0.1, -0.05) is 39.7 Å². The van der Waals surface area contributed by atoms with Gasteiger partial charge in [0.2, 0.25) is 11.8 Å². The summed E-state index contributed by atoms with van der Waals surface area (Å²) >= 11 is 3.30. The first-order valence-corrected chi connectivity index (χ1v) is 9.62. The Morgan fingerprint density at radius 2 is 1.68 bits per heavy atom. The second-order valence-corrected chi connectivity index (χ2v) is 7.68. The lowest BCUT2D eigenvalue weighted by molar-refractivity contribution is -0.132. The molecule has 0 unspecified atom stereocenters. The normalized spacial score (nSPS) is 10.3. The standard InChI is InChI=1S/C21H24BrN3O3/c1-13-8-14(2)20(15(3)9-13)24-18(26)12-25(4)19(27)11-23-21(28)16-6-5-7-17(22)10-16/h5-10H,11-12H2,1-4H3,(H,23,28)(H,24,26). The molecule has 148 valence electrons. The van der Waals surface area contributed by atoms with E-state index in [0.29, 0.717) is 5.56 Å². The fraction of sp³-hybridized carbons (Fsp3) is 0.286.